The van der Waals surface area contributed by atoms with Crippen molar-refractivity contribution in [2.24, 2.45) is 0 Å². The molecule has 7 nitrogen and oxygen atoms in total. The normalized spacial score (nSPS) is 18.2. The molecule has 2 aromatic rings. The maximum atomic E-state index is 11.7. The van der Waals surface area contributed by atoms with Crippen molar-refractivity contribution in [2.75, 3.05) is 10.8 Å². The van der Waals surface area contributed by atoms with Gasteiger partial charge in [0.25, 0.3) is 5.91 Å². The van der Waals surface area contributed by atoms with Crippen molar-refractivity contribution in [3.8, 4) is 5.75 Å². The number of nitrogens with zero attached hydrogens (tertiary/aromatic N) is 1. The van der Waals surface area contributed by atoms with E-state index in [1.165, 1.54) is 12.1 Å². The first-order valence-corrected chi connectivity index (χ1v) is 6.55. The van der Waals surface area contributed by atoms with Crippen LogP contribution >= 0.6 is 0 Å². The van der Waals surface area contributed by atoms with Gasteiger partial charge in [0.2, 0.25) is 0 Å². The highest BCUT2D eigenvalue weighted by Crippen LogP contribution is 2.34. The number of H-pyrrole nitrogens is 1. The summed E-state index contributed by atoms with van der Waals surface area (Å²) >= 11 is 0. The summed E-state index contributed by atoms with van der Waals surface area (Å²) in [7, 11) is -3.90. The zero-order chi connectivity index (χ0) is 12.9. The Morgan fingerprint density at radius 1 is 1.33 bits per heavy atom. The van der Waals surface area contributed by atoms with Gasteiger partial charge in [-0.05, 0) is 18.2 Å². The first-order valence-electron chi connectivity index (χ1n) is 5.11. The number of benzene rings is 1. The van der Waals surface area contributed by atoms with E-state index in [0.717, 1.165) is 9.69 Å². The van der Waals surface area contributed by atoms with Gasteiger partial charge in [-0.25, -0.2) is 9.03 Å². The summed E-state index contributed by atoms with van der Waals surface area (Å²) in [6.07, 6.45) is 1.68. The SMILES string of the molecule is O=C1CN(c2cc3[nH]ccc3cc2O)S(=O)(=O)N1. The lowest BCUT2D eigenvalue weighted by molar-refractivity contribution is -0.117. The number of fused-ring (bicyclic) bond motifs is 1. The van der Waals surface area contributed by atoms with Crippen LogP contribution in [0.1, 0.15) is 0 Å². The van der Waals surface area contributed by atoms with Crippen LogP contribution in [0.15, 0.2) is 24.4 Å². The lowest BCUT2D eigenvalue weighted by Crippen LogP contribution is -2.29. The molecule has 0 radical (unpaired) electrons. The fourth-order valence-electron chi connectivity index (χ4n) is 1.94. The molecular formula is C10H9N3O4S. The number of hydrogen-bond donors (Lipinski definition) is 3. The van der Waals surface area contributed by atoms with Crippen LogP contribution in [0.4, 0.5) is 5.69 Å². The number of hydrogen-bond acceptors (Lipinski definition) is 4. The summed E-state index contributed by atoms with van der Waals surface area (Å²) in [4.78, 5) is 14.1. The molecule has 94 valence electrons. The number of anilines is 1. The van der Waals surface area contributed by atoms with Crippen molar-refractivity contribution in [1.82, 2.24) is 9.71 Å². The molecule has 8 heteroatoms. The molecule has 1 fully saturated rings. The molecule has 1 amide bonds. The Kier molecular flexibility index (Phi) is 2.05. The predicted molar refractivity (Wildman–Crippen MR) is 64.4 cm³/mol. The van der Waals surface area contributed by atoms with Gasteiger partial charge >= 0.3 is 10.2 Å². The van der Waals surface area contributed by atoms with Gasteiger partial charge in [0.15, 0.2) is 0 Å². The van der Waals surface area contributed by atoms with Crippen LogP contribution in [0, 0.1) is 0 Å². The van der Waals surface area contributed by atoms with Gasteiger partial charge < -0.3 is 10.1 Å². The summed E-state index contributed by atoms with van der Waals surface area (Å²) in [6, 6.07) is 4.68. The fraction of sp³-hybridized carbons (Fsp3) is 0.100. The van der Waals surface area contributed by atoms with E-state index in [1.54, 1.807) is 12.3 Å². The number of aromatic hydroxyl groups is 1. The van der Waals surface area contributed by atoms with Crippen LogP contribution in [0.5, 0.6) is 5.75 Å². The summed E-state index contributed by atoms with van der Waals surface area (Å²) in [5.41, 5.74) is 0.751. The van der Waals surface area contributed by atoms with E-state index >= 15 is 0 Å². The van der Waals surface area contributed by atoms with Gasteiger partial charge in [-0.1, -0.05) is 0 Å². The van der Waals surface area contributed by atoms with Crippen molar-refractivity contribution in [3.05, 3.63) is 24.4 Å². The van der Waals surface area contributed by atoms with E-state index in [-0.39, 0.29) is 18.0 Å². The Morgan fingerprint density at radius 2 is 2.11 bits per heavy atom. The fourth-order valence-corrected chi connectivity index (χ4v) is 3.09. The highest BCUT2D eigenvalue weighted by Gasteiger charge is 2.35. The second-order valence-electron chi connectivity index (χ2n) is 3.94. The van der Waals surface area contributed by atoms with E-state index in [1.807, 2.05) is 4.72 Å². The summed E-state index contributed by atoms with van der Waals surface area (Å²) in [5, 5.41) is 10.6. The van der Waals surface area contributed by atoms with Crippen LogP contribution in [0.3, 0.4) is 0 Å². The molecule has 1 aliphatic rings. The van der Waals surface area contributed by atoms with Crippen LogP contribution in [-0.2, 0) is 15.0 Å². The molecule has 1 aliphatic heterocycles. The number of aromatic amines is 1. The van der Waals surface area contributed by atoms with E-state index in [9.17, 15) is 18.3 Å². The predicted octanol–water partition coefficient (Wildman–Crippen LogP) is 0.0545. The molecule has 3 rings (SSSR count). The molecule has 0 aliphatic carbocycles. The van der Waals surface area contributed by atoms with Gasteiger partial charge in [0.05, 0.1) is 5.69 Å². The zero-order valence-corrected chi connectivity index (χ0v) is 9.86. The molecule has 1 saturated heterocycles. The minimum absolute atomic E-state index is 0.0725. The Hall–Kier alpha value is -2.22. The molecule has 0 spiro atoms. The third kappa shape index (κ3) is 1.50. The molecular weight excluding hydrogens is 258 g/mol. The van der Waals surface area contributed by atoms with Gasteiger partial charge in [0, 0.05) is 17.1 Å². The van der Waals surface area contributed by atoms with Crippen molar-refractivity contribution in [3.63, 3.8) is 0 Å². The molecule has 0 bridgehead atoms. The average Bonchev–Trinajstić information content (AvgIpc) is 2.80. The quantitative estimate of drug-likeness (QED) is 0.679. The Labute approximate surface area is 102 Å². The number of carbonyl (C=O) groups is 1. The molecule has 1 aromatic heterocycles. The second kappa shape index (κ2) is 3.39. The minimum atomic E-state index is -3.90. The molecule has 1 aromatic carbocycles. The standard InChI is InChI=1S/C10H9N3O4S/c14-9-3-6-1-2-11-7(6)4-8(9)13-5-10(15)12-18(13,16)17/h1-4,11,14H,5H2,(H,12,15). The Balaban J connectivity index is 2.19. The molecule has 0 atom stereocenters. The first kappa shape index (κ1) is 10.9. The summed E-state index contributed by atoms with van der Waals surface area (Å²) < 4.78 is 26.0. The van der Waals surface area contributed by atoms with Gasteiger partial charge in [-0.3, -0.25) is 4.79 Å². The third-order valence-corrected chi connectivity index (χ3v) is 4.13. The number of rotatable bonds is 1. The number of carbonyl (C=O) groups excluding carboxylic acids is 1. The lowest BCUT2D eigenvalue weighted by Gasteiger charge is -2.16. The monoisotopic (exact) mass is 267 g/mol. The van der Waals surface area contributed by atoms with Crippen molar-refractivity contribution in [2.45, 2.75) is 0 Å². The lowest BCUT2D eigenvalue weighted by atomic mass is 10.2. The van der Waals surface area contributed by atoms with Crippen molar-refractivity contribution < 1.29 is 18.3 Å². The highest BCUT2D eigenvalue weighted by atomic mass is 32.2. The highest BCUT2D eigenvalue weighted by molar-refractivity contribution is 7.92. The first-order chi connectivity index (χ1) is 8.47. The van der Waals surface area contributed by atoms with E-state index in [2.05, 4.69) is 4.98 Å². The van der Waals surface area contributed by atoms with Crippen LogP contribution in [0.25, 0.3) is 10.9 Å². The van der Waals surface area contributed by atoms with Gasteiger partial charge in [-0.15, -0.1) is 0 Å². The smallest absolute Gasteiger partial charge is 0.326 e. The molecule has 2 heterocycles. The summed E-state index contributed by atoms with van der Waals surface area (Å²) in [5.74, 6) is -0.817. The number of phenols is 1. The minimum Gasteiger partial charge on any atom is -0.506 e. The van der Waals surface area contributed by atoms with E-state index in [4.69, 9.17) is 0 Å². The molecule has 18 heavy (non-hydrogen) atoms. The van der Waals surface area contributed by atoms with Gasteiger partial charge in [-0.2, -0.15) is 8.42 Å². The average molecular weight is 267 g/mol. The Morgan fingerprint density at radius 3 is 2.78 bits per heavy atom. The topological polar surface area (TPSA) is 102 Å². The maximum Gasteiger partial charge on any atom is 0.326 e. The largest absolute Gasteiger partial charge is 0.506 e. The second-order valence-corrected chi connectivity index (χ2v) is 5.54. The van der Waals surface area contributed by atoms with E-state index < -0.39 is 16.1 Å². The third-order valence-electron chi connectivity index (χ3n) is 2.74. The molecule has 0 saturated carbocycles. The van der Waals surface area contributed by atoms with Crippen molar-refractivity contribution in [1.29, 1.82) is 0 Å². The van der Waals surface area contributed by atoms with Crippen LogP contribution in [0.2, 0.25) is 0 Å². The van der Waals surface area contributed by atoms with E-state index in [0.29, 0.717) is 5.52 Å². The zero-order valence-electron chi connectivity index (χ0n) is 9.04. The number of nitrogens with one attached hydrogen (secondary N) is 2. The Bertz CT molecular complexity index is 750. The molecule has 0 unspecified atom stereocenters. The van der Waals surface area contributed by atoms with Gasteiger partial charge in [0.1, 0.15) is 12.3 Å². The van der Waals surface area contributed by atoms with Crippen LogP contribution < -0.4 is 9.03 Å². The number of phenolic OH excluding ortho intramolecular Hbond substituents is 1. The maximum absolute atomic E-state index is 11.7. The molecule has 3 N–H and O–H groups in total. The van der Waals surface area contributed by atoms with Crippen molar-refractivity contribution >= 4 is 32.7 Å². The van der Waals surface area contributed by atoms with Crippen LogP contribution in [-0.4, -0.2) is 31.0 Å². The summed E-state index contributed by atoms with van der Waals surface area (Å²) in [6.45, 7) is -0.331. The number of aromatic nitrogens is 1. The number of amides is 1.